The van der Waals surface area contributed by atoms with Gasteiger partial charge in [0.15, 0.2) is 6.29 Å². The van der Waals surface area contributed by atoms with Gasteiger partial charge in [-0.05, 0) is 46.8 Å². The summed E-state index contributed by atoms with van der Waals surface area (Å²) in [6.07, 6.45) is 12.4. The molecule has 0 aliphatic carbocycles. The van der Waals surface area contributed by atoms with Crippen molar-refractivity contribution in [2.24, 2.45) is 10.9 Å². The number of carbonyl (C=O) groups excluding carboxylic acids is 1. The van der Waals surface area contributed by atoms with Crippen LogP contribution in [-0.4, -0.2) is 12.0 Å². The van der Waals surface area contributed by atoms with Crippen molar-refractivity contribution in [1.29, 1.82) is 0 Å². The van der Waals surface area contributed by atoms with Crippen molar-refractivity contribution in [3.63, 3.8) is 0 Å². The van der Waals surface area contributed by atoms with Crippen LogP contribution in [0, 0.1) is 18.3 Å². The Balaban J connectivity index is 3.28. The highest BCUT2D eigenvalue weighted by molar-refractivity contribution is 9.11. The van der Waals surface area contributed by atoms with Crippen molar-refractivity contribution < 1.29 is 4.79 Å². The molecular weight excluding hydrogens is 278 g/mol. The van der Waals surface area contributed by atoms with Crippen molar-refractivity contribution >= 4 is 27.9 Å². The third kappa shape index (κ3) is 3.83. The Morgan fingerprint density at radius 2 is 2.41 bits per heavy atom. The minimum absolute atomic E-state index is 0.418. The number of aldehydes is 1. The summed E-state index contributed by atoms with van der Waals surface area (Å²) < 4.78 is 0.734. The molecule has 0 N–H and O–H groups in total. The Morgan fingerprint density at radius 3 is 3.00 bits per heavy atom. The lowest BCUT2D eigenvalue weighted by atomic mass is 9.99. The zero-order valence-electron chi connectivity index (χ0n) is 9.90. The molecule has 2 nitrogen and oxygen atoms in total. The zero-order chi connectivity index (χ0) is 12.8. The highest BCUT2D eigenvalue weighted by Crippen LogP contribution is 2.21. The first-order valence-corrected chi connectivity index (χ1v) is 6.12. The van der Waals surface area contributed by atoms with Crippen LogP contribution in [0.2, 0.25) is 0 Å². The Morgan fingerprint density at radius 1 is 1.71 bits per heavy atom. The molecule has 0 amide bonds. The number of nitrogens with zero attached hydrogens (tertiary/aromatic N) is 1. The van der Waals surface area contributed by atoms with E-state index < -0.39 is 0 Å². The topological polar surface area (TPSA) is 29.4 Å². The third-order valence-corrected chi connectivity index (χ3v) is 2.89. The van der Waals surface area contributed by atoms with Crippen LogP contribution in [0.1, 0.15) is 20.3 Å². The van der Waals surface area contributed by atoms with Crippen LogP contribution in [0.3, 0.4) is 0 Å². The molecule has 3 heteroatoms. The normalized spacial score (nSPS) is 30.6. The van der Waals surface area contributed by atoms with E-state index in [1.165, 1.54) is 6.08 Å². The number of halogens is 1. The van der Waals surface area contributed by atoms with Crippen LogP contribution in [-0.2, 0) is 4.79 Å². The highest BCUT2D eigenvalue weighted by Gasteiger charge is 2.12. The molecule has 1 aliphatic rings. The summed E-state index contributed by atoms with van der Waals surface area (Å²) in [6, 6.07) is 0. The number of aliphatic imine (C=N–C) groups is 1. The Kier molecular flexibility index (Phi) is 5.11. The second kappa shape index (κ2) is 6.36. The third-order valence-electron chi connectivity index (χ3n) is 2.45. The summed E-state index contributed by atoms with van der Waals surface area (Å²) in [4.78, 5) is 15.4. The number of allylic oxidation sites excluding steroid dienone is 5. The first-order valence-electron chi connectivity index (χ1n) is 5.33. The molecule has 1 aliphatic heterocycles. The quantitative estimate of drug-likeness (QED) is 0.332. The molecule has 0 saturated carbocycles. The van der Waals surface area contributed by atoms with E-state index in [1.807, 2.05) is 13.0 Å². The summed E-state index contributed by atoms with van der Waals surface area (Å²) >= 11 is 3.38. The number of terminal acetylenes is 1. The number of hydrogen-bond donors (Lipinski definition) is 0. The van der Waals surface area contributed by atoms with Crippen LogP contribution in [0.25, 0.3) is 0 Å². The molecule has 0 saturated heterocycles. The van der Waals surface area contributed by atoms with Gasteiger partial charge in [0, 0.05) is 11.6 Å². The molecule has 1 heterocycles. The maximum absolute atomic E-state index is 11.0. The van der Waals surface area contributed by atoms with Crippen molar-refractivity contribution in [3.05, 3.63) is 34.0 Å². The molecule has 0 spiro atoms. The first-order chi connectivity index (χ1) is 8.08. The van der Waals surface area contributed by atoms with Crippen LogP contribution in [0.5, 0.6) is 0 Å². The van der Waals surface area contributed by atoms with Crippen LogP contribution in [0.4, 0.5) is 0 Å². The van der Waals surface area contributed by atoms with E-state index in [0.717, 1.165) is 22.9 Å². The summed E-state index contributed by atoms with van der Waals surface area (Å²) in [5.74, 6) is 2.78. The minimum Gasteiger partial charge on any atom is -0.298 e. The fourth-order valence-electron chi connectivity index (χ4n) is 1.53. The van der Waals surface area contributed by atoms with Crippen molar-refractivity contribution in [2.45, 2.75) is 20.3 Å². The summed E-state index contributed by atoms with van der Waals surface area (Å²) in [7, 11) is 0. The summed E-state index contributed by atoms with van der Waals surface area (Å²) in [6.45, 7) is 4.05. The van der Waals surface area contributed by atoms with E-state index in [-0.39, 0.29) is 0 Å². The smallest absolute Gasteiger partial charge is 0.152 e. The van der Waals surface area contributed by atoms with Gasteiger partial charge in [-0.1, -0.05) is 18.9 Å². The molecule has 1 rings (SSSR count). The Hall–Kier alpha value is -1.40. The average molecular weight is 292 g/mol. The van der Waals surface area contributed by atoms with Gasteiger partial charge in [-0.2, -0.15) is 0 Å². The molecule has 0 aromatic heterocycles. The van der Waals surface area contributed by atoms with E-state index >= 15 is 0 Å². The van der Waals surface area contributed by atoms with Crippen LogP contribution in [0.15, 0.2) is 39.0 Å². The van der Waals surface area contributed by atoms with E-state index in [2.05, 4.69) is 39.8 Å². The average Bonchev–Trinajstić information content (AvgIpc) is 2.29. The second-order valence-electron chi connectivity index (χ2n) is 3.93. The summed E-state index contributed by atoms with van der Waals surface area (Å²) in [5.41, 5.74) is 2.03. The van der Waals surface area contributed by atoms with E-state index in [0.29, 0.717) is 17.2 Å². The number of carbonyl (C=O) groups is 1. The molecule has 88 valence electrons. The van der Waals surface area contributed by atoms with Gasteiger partial charge in [0.2, 0.25) is 0 Å². The SMILES string of the molecule is C#C\C=C(C=O)/C1=N/C(Br)=C\C(C)C\C=C\1C. The fourth-order valence-corrected chi connectivity index (χ4v) is 2.16. The van der Waals surface area contributed by atoms with Gasteiger partial charge >= 0.3 is 0 Å². The van der Waals surface area contributed by atoms with Gasteiger partial charge in [0.1, 0.15) is 4.61 Å². The summed E-state index contributed by atoms with van der Waals surface area (Å²) in [5, 5.41) is 0. The first kappa shape index (κ1) is 13.7. The molecule has 0 radical (unpaired) electrons. The molecule has 17 heavy (non-hydrogen) atoms. The maximum atomic E-state index is 11.0. The second-order valence-corrected chi connectivity index (χ2v) is 4.75. The lowest BCUT2D eigenvalue weighted by Gasteiger charge is -2.12. The number of hydrogen-bond acceptors (Lipinski definition) is 2. The molecule has 0 aromatic rings. The minimum atomic E-state index is 0.418. The molecule has 1 atom stereocenters. The lowest BCUT2D eigenvalue weighted by Crippen LogP contribution is -2.08. The van der Waals surface area contributed by atoms with E-state index in [1.54, 1.807) is 0 Å². The maximum Gasteiger partial charge on any atom is 0.152 e. The van der Waals surface area contributed by atoms with Crippen molar-refractivity contribution in [3.8, 4) is 12.3 Å². The predicted molar refractivity (Wildman–Crippen MR) is 75.0 cm³/mol. The van der Waals surface area contributed by atoms with Gasteiger partial charge < -0.3 is 0 Å². The van der Waals surface area contributed by atoms with Gasteiger partial charge in [-0.25, -0.2) is 4.99 Å². The Labute approximate surface area is 110 Å². The largest absolute Gasteiger partial charge is 0.298 e. The van der Waals surface area contributed by atoms with Crippen molar-refractivity contribution in [1.82, 2.24) is 0 Å². The van der Waals surface area contributed by atoms with Gasteiger partial charge in [0.05, 0.1) is 5.71 Å². The monoisotopic (exact) mass is 291 g/mol. The Bertz CT molecular complexity index is 475. The molecule has 0 fully saturated rings. The van der Waals surface area contributed by atoms with Crippen LogP contribution < -0.4 is 0 Å². The highest BCUT2D eigenvalue weighted by atomic mass is 79.9. The molecule has 0 aromatic carbocycles. The fraction of sp³-hybridized carbons (Fsp3) is 0.286. The lowest BCUT2D eigenvalue weighted by molar-refractivity contribution is -0.104. The van der Waals surface area contributed by atoms with Gasteiger partial charge in [0.25, 0.3) is 0 Å². The zero-order valence-corrected chi connectivity index (χ0v) is 11.5. The van der Waals surface area contributed by atoms with E-state index in [4.69, 9.17) is 6.42 Å². The van der Waals surface area contributed by atoms with Gasteiger partial charge in [-0.3, -0.25) is 4.79 Å². The van der Waals surface area contributed by atoms with E-state index in [9.17, 15) is 4.79 Å². The molecular formula is C14H14BrNO. The predicted octanol–water partition coefficient (Wildman–Crippen LogP) is 3.41. The number of rotatable bonds is 2. The molecule has 0 bridgehead atoms. The van der Waals surface area contributed by atoms with Crippen LogP contribution >= 0.6 is 15.9 Å². The standard InChI is InChI=1S/C14H14BrNO/c1-4-5-12(9-17)14-11(3)7-6-10(2)8-13(15)16-14/h1,5,7-10H,6H2,2-3H3/b11-7+,12-5-,13-8-,16-14+. The van der Waals surface area contributed by atoms with Crippen molar-refractivity contribution in [2.75, 3.05) is 0 Å². The molecule has 1 unspecified atom stereocenters. The van der Waals surface area contributed by atoms with Gasteiger partial charge in [-0.15, -0.1) is 6.42 Å².